The Morgan fingerprint density at radius 1 is 1.04 bits per heavy atom. The van der Waals surface area contributed by atoms with Crippen molar-refractivity contribution in [2.75, 3.05) is 17.3 Å². The van der Waals surface area contributed by atoms with E-state index in [1.54, 1.807) is 6.20 Å². The second-order valence-electron chi connectivity index (χ2n) is 5.98. The number of nitrogens with zero attached hydrogens (tertiary/aromatic N) is 6. The highest BCUT2D eigenvalue weighted by atomic mass is 15.4. The van der Waals surface area contributed by atoms with E-state index in [1.807, 2.05) is 54.2 Å². The fourth-order valence-corrected chi connectivity index (χ4v) is 2.87. The van der Waals surface area contributed by atoms with Gasteiger partial charge in [0.05, 0.1) is 6.54 Å². The maximum Gasteiger partial charge on any atom is 0.228 e. The molecular weight excluding hydrogens is 326 g/mol. The number of benzene rings is 1. The highest BCUT2D eigenvalue weighted by Gasteiger charge is 2.19. The average Bonchev–Trinajstić information content (AvgIpc) is 3.10. The zero-order valence-corrected chi connectivity index (χ0v) is 14.7. The summed E-state index contributed by atoms with van der Waals surface area (Å²) >= 11 is 0. The van der Waals surface area contributed by atoms with Gasteiger partial charge in [-0.3, -0.25) is 4.40 Å². The van der Waals surface area contributed by atoms with Gasteiger partial charge < -0.3 is 10.2 Å². The molecule has 3 heterocycles. The number of aryl methyl sites for hydroxylation is 1. The lowest BCUT2D eigenvalue weighted by Gasteiger charge is -2.23. The summed E-state index contributed by atoms with van der Waals surface area (Å²) in [6.07, 6.45) is 5.40. The normalized spacial score (nSPS) is 10.8. The summed E-state index contributed by atoms with van der Waals surface area (Å²) in [5.74, 6) is 2.20. The monoisotopic (exact) mass is 345 g/mol. The van der Waals surface area contributed by atoms with Crippen LogP contribution in [-0.2, 0) is 6.54 Å². The van der Waals surface area contributed by atoms with E-state index in [-0.39, 0.29) is 0 Å². The van der Waals surface area contributed by atoms with Crippen molar-refractivity contribution in [3.8, 4) is 0 Å². The van der Waals surface area contributed by atoms with Gasteiger partial charge in [0.1, 0.15) is 5.82 Å². The van der Waals surface area contributed by atoms with Crippen LogP contribution in [0.25, 0.3) is 5.65 Å². The third kappa shape index (κ3) is 2.95. The predicted octanol–water partition coefficient (Wildman–Crippen LogP) is 3.21. The predicted molar refractivity (Wildman–Crippen MR) is 102 cm³/mol. The molecule has 0 fully saturated rings. The summed E-state index contributed by atoms with van der Waals surface area (Å²) in [6, 6.07) is 14.3. The second kappa shape index (κ2) is 6.79. The van der Waals surface area contributed by atoms with Crippen molar-refractivity contribution >= 4 is 23.2 Å². The van der Waals surface area contributed by atoms with E-state index >= 15 is 0 Å². The van der Waals surface area contributed by atoms with Gasteiger partial charge in [-0.1, -0.05) is 30.3 Å². The quantitative estimate of drug-likeness (QED) is 0.599. The topological polar surface area (TPSA) is 71.2 Å². The summed E-state index contributed by atoms with van der Waals surface area (Å²) in [5, 5.41) is 11.6. The molecular formula is C19H19N7. The van der Waals surface area contributed by atoms with Crippen LogP contribution >= 0.6 is 0 Å². The Hall–Kier alpha value is -3.48. The van der Waals surface area contributed by atoms with Crippen LogP contribution in [-0.4, -0.2) is 31.6 Å². The van der Waals surface area contributed by atoms with Crippen molar-refractivity contribution in [2.24, 2.45) is 0 Å². The average molecular weight is 345 g/mol. The standard InChI is InChI=1S/C19H19N7/c1-14-8-9-21-16(12-14)26(13-15-6-4-3-5-7-15)17-18-23-24-19(20-2)25(18)11-10-22-17/h3-12H,13H2,1-2H3,(H,20,24). The minimum atomic E-state index is 0.631. The molecule has 7 heteroatoms. The lowest BCUT2D eigenvalue weighted by molar-refractivity contribution is 0.913. The van der Waals surface area contributed by atoms with Crippen molar-refractivity contribution in [3.05, 3.63) is 72.2 Å². The fourth-order valence-electron chi connectivity index (χ4n) is 2.87. The largest absolute Gasteiger partial charge is 0.357 e. The maximum absolute atomic E-state index is 4.59. The Labute approximate surface area is 151 Å². The molecule has 0 saturated heterocycles. The molecule has 0 aliphatic carbocycles. The first kappa shape index (κ1) is 16.0. The molecule has 1 N–H and O–H groups in total. The number of fused-ring (bicyclic) bond motifs is 1. The van der Waals surface area contributed by atoms with Gasteiger partial charge in [0.15, 0.2) is 5.82 Å². The molecule has 0 spiro atoms. The molecule has 0 atom stereocenters. The first-order chi connectivity index (χ1) is 12.8. The first-order valence-corrected chi connectivity index (χ1v) is 8.38. The number of pyridine rings is 1. The summed E-state index contributed by atoms with van der Waals surface area (Å²) in [7, 11) is 1.82. The molecule has 7 nitrogen and oxygen atoms in total. The molecule has 4 rings (SSSR count). The van der Waals surface area contributed by atoms with E-state index in [9.17, 15) is 0 Å². The summed E-state index contributed by atoms with van der Waals surface area (Å²) in [5.41, 5.74) is 2.97. The molecule has 0 saturated carbocycles. The number of rotatable bonds is 5. The number of aromatic nitrogens is 5. The Balaban J connectivity index is 1.86. The Bertz CT molecular complexity index is 1030. The van der Waals surface area contributed by atoms with Gasteiger partial charge in [0.25, 0.3) is 0 Å². The van der Waals surface area contributed by atoms with Crippen LogP contribution in [0.3, 0.4) is 0 Å². The van der Waals surface area contributed by atoms with Crippen molar-refractivity contribution in [1.82, 2.24) is 24.6 Å². The van der Waals surface area contributed by atoms with E-state index in [4.69, 9.17) is 0 Å². The van der Waals surface area contributed by atoms with Crippen LogP contribution in [0.15, 0.2) is 61.1 Å². The van der Waals surface area contributed by atoms with Gasteiger partial charge in [-0.15, -0.1) is 10.2 Å². The molecule has 3 aromatic heterocycles. The Morgan fingerprint density at radius 3 is 2.65 bits per heavy atom. The van der Waals surface area contributed by atoms with E-state index in [0.717, 1.165) is 16.9 Å². The fraction of sp³-hybridized carbons (Fsp3) is 0.158. The number of anilines is 3. The van der Waals surface area contributed by atoms with Gasteiger partial charge in [-0.25, -0.2) is 9.97 Å². The zero-order chi connectivity index (χ0) is 17.9. The lowest BCUT2D eigenvalue weighted by Crippen LogP contribution is -2.20. The van der Waals surface area contributed by atoms with Crippen molar-refractivity contribution in [3.63, 3.8) is 0 Å². The van der Waals surface area contributed by atoms with Gasteiger partial charge in [-0.2, -0.15) is 0 Å². The molecule has 0 radical (unpaired) electrons. The van der Waals surface area contributed by atoms with E-state index in [0.29, 0.717) is 24.0 Å². The van der Waals surface area contributed by atoms with Gasteiger partial charge >= 0.3 is 0 Å². The molecule has 4 aromatic rings. The smallest absolute Gasteiger partial charge is 0.228 e. The van der Waals surface area contributed by atoms with E-state index in [1.165, 1.54) is 0 Å². The van der Waals surface area contributed by atoms with Crippen molar-refractivity contribution < 1.29 is 0 Å². The highest BCUT2D eigenvalue weighted by molar-refractivity contribution is 5.71. The first-order valence-electron chi connectivity index (χ1n) is 8.38. The highest BCUT2D eigenvalue weighted by Crippen LogP contribution is 2.28. The lowest BCUT2D eigenvalue weighted by atomic mass is 10.2. The van der Waals surface area contributed by atoms with Gasteiger partial charge in [0.2, 0.25) is 11.6 Å². The van der Waals surface area contributed by atoms with Crippen molar-refractivity contribution in [1.29, 1.82) is 0 Å². The van der Waals surface area contributed by atoms with Gasteiger partial charge in [-0.05, 0) is 30.2 Å². The number of nitrogens with one attached hydrogen (secondary N) is 1. The SMILES string of the molecule is CNc1nnc2c(N(Cc3ccccc3)c3cc(C)ccn3)nccn12. The molecule has 0 aliphatic rings. The maximum atomic E-state index is 4.59. The molecule has 1 aromatic carbocycles. The van der Waals surface area contributed by atoms with Crippen LogP contribution < -0.4 is 10.2 Å². The Morgan fingerprint density at radius 2 is 1.88 bits per heavy atom. The number of hydrogen-bond donors (Lipinski definition) is 1. The molecule has 0 bridgehead atoms. The van der Waals surface area contributed by atoms with Crippen LogP contribution in [0.1, 0.15) is 11.1 Å². The Kier molecular flexibility index (Phi) is 4.18. The minimum absolute atomic E-state index is 0.631. The third-order valence-corrected chi connectivity index (χ3v) is 4.15. The van der Waals surface area contributed by atoms with E-state index < -0.39 is 0 Å². The molecule has 130 valence electrons. The van der Waals surface area contributed by atoms with Crippen LogP contribution in [0.4, 0.5) is 17.6 Å². The second-order valence-corrected chi connectivity index (χ2v) is 5.98. The minimum Gasteiger partial charge on any atom is -0.357 e. The van der Waals surface area contributed by atoms with Crippen molar-refractivity contribution in [2.45, 2.75) is 13.5 Å². The van der Waals surface area contributed by atoms with E-state index in [2.05, 4.69) is 49.4 Å². The molecule has 0 amide bonds. The summed E-state index contributed by atoms with van der Waals surface area (Å²) < 4.78 is 1.89. The summed E-state index contributed by atoms with van der Waals surface area (Å²) in [4.78, 5) is 11.2. The van der Waals surface area contributed by atoms with Crippen LogP contribution in [0, 0.1) is 6.92 Å². The molecule has 0 aliphatic heterocycles. The number of hydrogen-bond acceptors (Lipinski definition) is 6. The molecule has 0 unspecified atom stereocenters. The van der Waals surface area contributed by atoms with Crippen LogP contribution in [0.5, 0.6) is 0 Å². The summed E-state index contributed by atoms with van der Waals surface area (Å²) in [6.45, 7) is 2.68. The van der Waals surface area contributed by atoms with Crippen LogP contribution in [0.2, 0.25) is 0 Å². The zero-order valence-electron chi connectivity index (χ0n) is 14.7. The van der Waals surface area contributed by atoms with Gasteiger partial charge in [0, 0.05) is 25.6 Å². The molecule has 26 heavy (non-hydrogen) atoms. The third-order valence-electron chi connectivity index (χ3n) is 4.15.